The lowest BCUT2D eigenvalue weighted by atomic mass is 9.71. The predicted molar refractivity (Wildman–Crippen MR) is 158 cm³/mol. The van der Waals surface area contributed by atoms with E-state index in [1.54, 1.807) is 29.2 Å². The third kappa shape index (κ3) is 8.06. The lowest BCUT2D eigenvalue weighted by Crippen LogP contribution is -2.45. The number of amides is 3. The van der Waals surface area contributed by atoms with Gasteiger partial charge in [0.2, 0.25) is 0 Å². The highest BCUT2D eigenvalue weighted by Gasteiger charge is 2.37. The third-order valence-corrected chi connectivity index (χ3v) is 8.48. The number of nitrogens with one attached hydrogen (secondary N) is 3. The quantitative estimate of drug-likeness (QED) is 0.241. The minimum absolute atomic E-state index is 0.0357. The molecule has 1 aromatic heterocycles. The fourth-order valence-corrected chi connectivity index (χ4v) is 5.61. The number of carbonyl (C=O) groups is 2. The van der Waals surface area contributed by atoms with Gasteiger partial charge < -0.3 is 15.0 Å². The van der Waals surface area contributed by atoms with Gasteiger partial charge in [-0.15, -0.1) is 5.10 Å². The van der Waals surface area contributed by atoms with Gasteiger partial charge in [0.05, 0.1) is 17.9 Å². The normalized spacial score (nSPS) is 18.9. The Morgan fingerprint density at radius 1 is 0.977 bits per heavy atom. The fourth-order valence-electron chi connectivity index (χ4n) is 5.61. The number of benzene rings is 2. The van der Waals surface area contributed by atoms with Crippen LogP contribution in [0.25, 0.3) is 0 Å². The van der Waals surface area contributed by atoms with Crippen molar-refractivity contribution in [1.29, 1.82) is 0 Å². The standard InChI is InChI=1S/C31H38F3N7O3/c1-30(2,3)22-10-12-23(13-11-22)41(17-19-6-8-21(9-7-19)27(42)36-28-37-39-40-38-28)29(43)35-26-15-14-24(44-18-20-4-5-20)16-25(26)31(32,33)34/h6-9,14-16,20,22-23H,4-5,10-13,17-18H2,1-3H3,(H,35,43)(H2,36,37,38,39,40,42). The lowest BCUT2D eigenvalue weighted by Gasteiger charge is -2.41. The number of nitrogens with zero attached hydrogens (tertiary/aromatic N) is 4. The van der Waals surface area contributed by atoms with Gasteiger partial charge in [0.1, 0.15) is 5.75 Å². The van der Waals surface area contributed by atoms with Crippen molar-refractivity contribution in [3.8, 4) is 5.75 Å². The molecule has 2 aliphatic carbocycles. The van der Waals surface area contributed by atoms with Gasteiger partial charge in [0, 0.05) is 18.2 Å². The van der Waals surface area contributed by atoms with Gasteiger partial charge in [0.15, 0.2) is 0 Å². The summed E-state index contributed by atoms with van der Waals surface area (Å²) in [6, 6.07) is 9.57. The Bertz CT molecular complexity index is 1430. The first-order valence-electron chi connectivity index (χ1n) is 14.9. The molecule has 0 saturated heterocycles. The maximum Gasteiger partial charge on any atom is 0.418 e. The summed E-state index contributed by atoms with van der Waals surface area (Å²) in [4.78, 5) is 27.9. The molecule has 0 aliphatic heterocycles. The Hall–Kier alpha value is -4.16. The fraction of sp³-hybridized carbons (Fsp3) is 0.516. The first kappa shape index (κ1) is 31.3. The van der Waals surface area contributed by atoms with Crippen molar-refractivity contribution in [3.63, 3.8) is 0 Å². The highest BCUT2D eigenvalue weighted by atomic mass is 19.4. The molecule has 0 bridgehead atoms. The van der Waals surface area contributed by atoms with Crippen LogP contribution in [0.15, 0.2) is 42.5 Å². The molecular weight excluding hydrogens is 575 g/mol. The molecule has 2 aromatic carbocycles. The number of alkyl halides is 3. The Morgan fingerprint density at radius 2 is 1.68 bits per heavy atom. The number of carbonyl (C=O) groups excluding carboxylic acids is 2. The summed E-state index contributed by atoms with van der Waals surface area (Å²) in [5.74, 6) is 0.606. The number of H-pyrrole nitrogens is 1. The third-order valence-electron chi connectivity index (χ3n) is 8.48. The second-order valence-electron chi connectivity index (χ2n) is 12.8. The van der Waals surface area contributed by atoms with Gasteiger partial charge in [-0.05, 0) is 96.9 Å². The van der Waals surface area contributed by atoms with Gasteiger partial charge in [-0.1, -0.05) is 38.0 Å². The number of ether oxygens (including phenoxy) is 1. The maximum atomic E-state index is 14.1. The summed E-state index contributed by atoms with van der Waals surface area (Å²) < 4.78 is 47.9. The molecule has 0 spiro atoms. The monoisotopic (exact) mass is 613 g/mol. The Labute approximate surface area is 254 Å². The predicted octanol–water partition coefficient (Wildman–Crippen LogP) is 6.90. The minimum Gasteiger partial charge on any atom is -0.493 e. The molecule has 236 valence electrons. The van der Waals surface area contributed by atoms with E-state index in [2.05, 4.69) is 52.0 Å². The molecule has 44 heavy (non-hydrogen) atoms. The van der Waals surface area contributed by atoms with Crippen molar-refractivity contribution >= 4 is 23.6 Å². The van der Waals surface area contributed by atoms with Crippen molar-refractivity contribution in [1.82, 2.24) is 25.5 Å². The van der Waals surface area contributed by atoms with Crippen LogP contribution >= 0.6 is 0 Å². The number of tetrazole rings is 1. The largest absolute Gasteiger partial charge is 0.493 e. The minimum atomic E-state index is -4.69. The SMILES string of the molecule is CC(C)(C)C1CCC(N(Cc2ccc(C(=O)Nc3nn[nH]n3)cc2)C(=O)Nc2ccc(OCC3CC3)cc2C(F)(F)F)CC1. The molecule has 3 amide bonds. The molecule has 0 atom stereocenters. The van der Waals surface area contributed by atoms with E-state index in [0.717, 1.165) is 50.2 Å². The first-order valence-corrected chi connectivity index (χ1v) is 14.9. The number of rotatable bonds is 9. The molecular formula is C31H38F3N7O3. The highest BCUT2D eigenvalue weighted by molar-refractivity contribution is 6.03. The zero-order valence-electron chi connectivity index (χ0n) is 25.1. The molecule has 0 unspecified atom stereocenters. The van der Waals surface area contributed by atoms with Crippen LogP contribution in [0.3, 0.4) is 0 Å². The van der Waals surface area contributed by atoms with Crippen LogP contribution in [0.1, 0.15) is 80.8 Å². The number of hydrogen-bond donors (Lipinski definition) is 3. The van der Waals surface area contributed by atoms with E-state index in [-0.39, 0.29) is 35.4 Å². The molecule has 10 nitrogen and oxygen atoms in total. The lowest BCUT2D eigenvalue weighted by molar-refractivity contribution is -0.137. The van der Waals surface area contributed by atoms with E-state index in [9.17, 15) is 22.8 Å². The molecule has 2 saturated carbocycles. The molecule has 5 rings (SSSR count). The summed E-state index contributed by atoms with van der Waals surface area (Å²) in [5.41, 5.74) is -0.0651. The average Bonchev–Trinajstić information content (AvgIpc) is 3.68. The molecule has 2 fully saturated rings. The molecule has 13 heteroatoms. The summed E-state index contributed by atoms with van der Waals surface area (Å²) in [6.45, 7) is 7.15. The molecule has 2 aliphatic rings. The molecule has 1 heterocycles. The highest BCUT2D eigenvalue weighted by Crippen LogP contribution is 2.41. The van der Waals surface area contributed by atoms with Gasteiger partial charge in [-0.25, -0.2) is 4.79 Å². The number of aromatic nitrogens is 4. The van der Waals surface area contributed by atoms with Gasteiger partial charge in [-0.3, -0.25) is 10.1 Å². The Kier molecular flexibility index (Phi) is 9.12. The topological polar surface area (TPSA) is 125 Å². The van der Waals surface area contributed by atoms with E-state index < -0.39 is 23.7 Å². The van der Waals surface area contributed by atoms with Gasteiger partial charge in [0.25, 0.3) is 11.9 Å². The van der Waals surface area contributed by atoms with Gasteiger partial charge >= 0.3 is 12.2 Å². The van der Waals surface area contributed by atoms with Crippen LogP contribution in [-0.2, 0) is 12.7 Å². The van der Waals surface area contributed by atoms with Crippen molar-refractivity contribution in [3.05, 3.63) is 59.2 Å². The van der Waals surface area contributed by atoms with Crippen LogP contribution in [0.5, 0.6) is 5.75 Å². The van der Waals surface area contributed by atoms with E-state index in [1.807, 2.05) is 0 Å². The van der Waals surface area contributed by atoms with Crippen LogP contribution < -0.4 is 15.4 Å². The molecule has 0 radical (unpaired) electrons. The van der Waals surface area contributed by atoms with E-state index >= 15 is 0 Å². The second kappa shape index (κ2) is 12.8. The maximum absolute atomic E-state index is 14.1. The van der Waals surface area contributed by atoms with Gasteiger partial charge in [-0.2, -0.15) is 18.4 Å². The van der Waals surface area contributed by atoms with E-state index in [0.29, 0.717) is 24.0 Å². The second-order valence-corrected chi connectivity index (χ2v) is 12.8. The van der Waals surface area contributed by atoms with E-state index in [1.165, 1.54) is 12.1 Å². The summed E-state index contributed by atoms with van der Waals surface area (Å²) in [6.07, 6.45) is 0.645. The summed E-state index contributed by atoms with van der Waals surface area (Å²) in [7, 11) is 0. The van der Waals surface area contributed by atoms with Crippen LogP contribution in [-0.4, -0.2) is 50.1 Å². The smallest absolute Gasteiger partial charge is 0.418 e. The first-order chi connectivity index (χ1) is 20.9. The van der Waals surface area contributed by atoms with Crippen molar-refractivity contribution in [2.24, 2.45) is 17.3 Å². The zero-order valence-corrected chi connectivity index (χ0v) is 25.1. The number of anilines is 2. The Balaban J connectivity index is 1.34. The number of aromatic amines is 1. The van der Waals surface area contributed by atoms with Crippen molar-refractivity contribution in [2.45, 2.75) is 78.1 Å². The van der Waals surface area contributed by atoms with Crippen LogP contribution in [0.4, 0.5) is 29.6 Å². The van der Waals surface area contributed by atoms with Crippen molar-refractivity contribution in [2.75, 3.05) is 17.2 Å². The number of urea groups is 1. The Morgan fingerprint density at radius 3 is 2.27 bits per heavy atom. The summed E-state index contributed by atoms with van der Waals surface area (Å²) >= 11 is 0. The van der Waals surface area contributed by atoms with Crippen molar-refractivity contribution < 1.29 is 27.5 Å². The number of halogens is 3. The zero-order chi connectivity index (χ0) is 31.5. The molecule has 3 aromatic rings. The van der Waals surface area contributed by atoms with Crippen LogP contribution in [0, 0.1) is 17.3 Å². The van der Waals surface area contributed by atoms with Crippen LogP contribution in [0.2, 0.25) is 0 Å². The molecule has 3 N–H and O–H groups in total. The average molecular weight is 614 g/mol. The van der Waals surface area contributed by atoms with E-state index in [4.69, 9.17) is 4.74 Å². The summed E-state index contributed by atoms with van der Waals surface area (Å²) in [5, 5.41) is 18.1. The number of hydrogen-bond acceptors (Lipinski definition) is 6.